The molecule has 1 aliphatic rings. The van der Waals surface area contributed by atoms with Crippen LogP contribution in [-0.2, 0) is 0 Å². The van der Waals surface area contributed by atoms with Crippen LogP contribution in [0.3, 0.4) is 0 Å². The number of rotatable bonds is 2. The quantitative estimate of drug-likeness (QED) is 0.819. The van der Waals surface area contributed by atoms with Gasteiger partial charge in [-0.2, -0.15) is 11.8 Å². The van der Waals surface area contributed by atoms with Crippen LogP contribution in [0.1, 0.15) is 17.0 Å². The van der Waals surface area contributed by atoms with Crippen LogP contribution in [0.5, 0.6) is 0 Å². The van der Waals surface area contributed by atoms with Crippen molar-refractivity contribution < 1.29 is 0 Å². The van der Waals surface area contributed by atoms with E-state index in [0.29, 0.717) is 6.04 Å². The van der Waals surface area contributed by atoms with Gasteiger partial charge < -0.3 is 5.32 Å². The van der Waals surface area contributed by atoms with Gasteiger partial charge in [0.05, 0.1) is 5.69 Å². The van der Waals surface area contributed by atoms with Gasteiger partial charge in [0.15, 0.2) is 5.13 Å². The summed E-state index contributed by atoms with van der Waals surface area (Å²) in [5.74, 6) is 2.53. The second kappa shape index (κ2) is 3.88. The molecule has 2 heterocycles. The molecular weight excluding hydrogens is 200 g/mol. The van der Waals surface area contributed by atoms with Crippen LogP contribution in [-0.4, -0.2) is 22.5 Å². The zero-order valence-electron chi connectivity index (χ0n) is 7.96. The van der Waals surface area contributed by atoms with Gasteiger partial charge in [0.25, 0.3) is 0 Å². The summed E-state index contributed by atoms with van der Waals surface area (Å²) in [4.78, 5) is 5.80. The molecule has 1 aromatic rings. The summed E-state index contributed by atoms with van der Waals surface area (Å²) in [6.07, 6.45) is 1.28. The van der Waals surface area contributed by atoms with Crippen molar-refractivity contribution in [3.8, 4) is 0 Å². The standard InChI is InChI=1S/C9H14N2S2/c1-6-7(2)13-9(10-6)11-8-3-4-12-5-8/h8H,3-5H2,1-2H3,(H,10,11). The van der Waals surface area contributed by atoms with E-state index < -0.39 is 0 Å². The summed E-state index contributed by atoms with van der Waals surface area (Å²) in [5, 5.41) is 4.59. The number of nitrogens with one attached hydrogen (secondary N) is 1. The largest absolute Gasteiger partial charge is 0.358 e. The van der Waals surface area contributed by atoms with Crippen molar-refractivity contribution in [2.24, 2.45) is 0 Å². The molecule has 1 fully saturated rings. The van der Waals surface area contributed by atoms with Crippen molar-refractivity contribution in [3.63, 3.8) is 0 Å². The summed E-state index contributed by atoms with van der Waals surface area (Å²) in [6.45, 7) is 4.20. The van der Waals surface area contributed by atoms with Gasteiger partial charge in [0, 0.05) is 16.7 Å². The molecule has 1 unspecified atom stereocenters. The topological polar surface area (TPSA) is 24.9 Å². The molecule has 0 aromatic carbocycles. The molecule has 2 rings (SSSR count). The summed E-state index contributed by atoms with van der Waals surface area (Å²) >= 11 is 3.80. The lowest BCUT2D eigenvalue weighted by Gasteiger charge is -2.08. The Balaban J connectivity index is 2.00. The summed E-state index contributed by atoms with van der Waals surface area (Å²) in [5.41, 5.74) is 1.16. The summed E-state index contributed by atoms with van der Waals surface area (Å²) in [6, 6.07) is 0.648. The molecule has 13 heavy (non-hydrogen) atoms. The van der Waals surface area contributed by atoms with Gasteiger partial charge in [-0.3, -0.25) is 0 Å². The van der Waals surface area contributed by atoms with Crippen molar-refractivity contribution in [3.05, 3.63) is 10.6 Å². The monoisotopic (exact) mass is 214 g/mol. The van der Waals surface area contributed by atoms with Gasteiger partial charge in [-0.05, 0) is 26.0 Å². The van der Waals surface area contributed by atoms with Gasteiger partial charge >= 0.3 is 0 Å². The first kappa shape index (κ1) is 9.34. The van der Waals surface area contributed by atoms with Crippen LogP contribution in [0.2, 0.25) is 0 Å². The maximum absolute atomic E-state index is 4.47. The van der Waals surface area contributed by atoms with E-state index >= 15 is 0 Å². The zero-order valence-corrected chi connectivity index (χ0v) is 9.60. The van der Waals surface area contributed by atoms with Gasteiger partial charge in [-0.1, -0.05) is 0 Å². The Morgan fingerprint density at radius 2 is 2.31 bits per heavy atom. The number of hydrogen-bond acceptors (Lipinski definition) is 4. The predicted molar refractivity (Wildman–Crippen MR) is 60.9 cm³/mol. The molecule has 0 spiro atoms. The van der Waals surface area contributed by atoms with Crippen molar-refractivity contribution >= 4 is 28.2 Å². The van der Waals surface area contributed by atoms with Crippen LogP contribution >= 0.6 is 23.1 Å². The van der Waals surface area contributed by atoms with E-state index in [1.807, 2.05) is 11.8 Å². The van der Waals surface area contributed by atoms with E-state index in [2.05, 4.69) is 24.1 Å². The number of aryl methyl sites for hydroxylation is 2. The Labute approximate surface area is 87.1 Å². The molecular formula is C9H14N2S2. The van der Waals surface area contributed by atoms with Crippen LogP contribution in [0.4, 0.5) is 5.13 Å². The third-order valence-corrected chi connectivity index (χ3v) is 4.45. The highest BCUT2D eigenvalue weighted by Crippen LogP contribution is 2.25. The van der Waals surface area contributed by atoms with Crippen molar-refractivity contribution in [1.82, 2.24) is 4.98 Å². The minimum Gasteiger partial charge on any atom is -0.358 e. The number of aromatic nitrogens is 1. The van der Waals surface area contributed by atoms with Crippen LogP contribution in [0.25, 0.3) is 0 Å². The molecule has 2 nitrogen and oxygen atoms in total. The zero-order chi connectivity index (χ0) is 9.26. The molecule has 0 bridgehead atoms. The average molecular weight is 214 g/mol. The first-order chi connectivity index (χ1) is 6.25. The molecule has 1 aromatic heterocycles. The number of nitrogens with zero attached hydrogens (tertiary/aromatic N) is 1. The average Bonchev–Trinajstić information content (AvgIpc) is 2.64. The number of hydrogen-bond donors (Lipinski definition) is 1. The Kier molecular flexibility index (Phi) is 2.79. The van der Waals surface area contributed by atoms with Crippen molar-refractivity contribution in [2.75, 3.05) is 16.8 Å². The highest BCUT2D eigenvalue weighted by Gasteiger charge is 2.16. The smallest absolute Gasteiger partial charge is 0.183 e. The van der Waals surface area contributed by atoms with Gasteiger partial charge in [-0.25, -0.2) is 4.98 Å². The van der Waals surface area contributed by atoms with E-state index in [4.69, 9.17) is 0 Å². The van der Waals surface area contributed by atoms with Crippen LogP contribution < -0.4 is 5.32 Å². The van der Waals surface area contributed by atoms with E-state index in [1.165, 1.54) is 22.8 Å². The first-order valence-corrected chi connectivity index (χ1v) is 6.51. The van der Waals surface area contributed by atoms with E-state index in [0.717, 1.165) is 10.8 Å². The number of thiazole rings is 1. The first-order valence-electron chi connectivity index (χ1n) is 4.54. The van der Waals surface area contributed by atoms with Crippen LogP contribution in [0.15, 0.2) is 0 Å². The second-order valence-electron chi connectivity index (χ2n) is 3.37. The Morgan fingerprint density at radius 1 is 1.46 bits per heavy atom. The van der Waals surface area contributed by atoms with Crippen molar-refractivity contribution in [2.45, 2.75) is 26.3 Å². The van der Waals surface area contributed by atoms with E-state index in [1.54, 1.807) is 11.3 Å². The highest BCUT2D eigenvalue weighted by molar-refractivity contribution is 7.99. The lowest BCUT2D eigenvalue weighted by molar-refractivity contribution is 0.810. The third kappa shape index (κ3) is 2.17. The molecule has 1 N–H and O–H groups in total. The minimum atomic E-state index is 0.648. The van der Waals surface area contributed by atoms with Gasteiger partial charge in [0.1, 0.15) is 0 Å². The van der Waals surface area contributed by atoms with Gasteiger partial charge in [0.2, 0.25) is 0 Å². The molecule has 4 heteroatoms. The lowest BCUT2D eigenvalue weighted by Crippen LogP contribution is -2.17. The maximum Gasteiger partial charge on any atom is 0.183 e. The Morgan fingerprint density at radius 3 is 2.85 bits per heavy atom. The molecule has 1 saturated heterocycles. The number of thioether (sulfide) groups is 1. The van der Waals surface area contributed by atoms with Crippen molar-refractivity contribution in [1.29, 1.82) is 0 Å². The van der Waals surface area contributed by atoms with Gasteiger partial charge in [-0.15, -0.1) is 11.3 Å². The minimum absolute atomic E-state index is 0.648. The molecule has 0 aliphatic carbocycles. The summed E-state index contributed by atoms with van der Waals surface area (Å²) in [7, 11) is 0. The molecule has 72 valence electrons. The highest BCUT2D eigenvalue weighted by atomic mass is 32.2. The summed E-state index contributed by atoms with van der Waals surface area (Å²) < 4.78 is 0. The fraction of sp³-hybridized carbons (Fsp3) is 0.667. The molecule has 0 saturated carbocycles. The molecule has 1 atom stereocenters. The van der Waals surface area contributed by atoms with E-state index in [-0.39, 0.29) is 0 Å². The molecule has 0 amide bonds. The fourth-order valence-electron chi connectivity index (χ4n) is 1.36. The van der Waals surface area contributed by atoms with Crippen LogP contribution in [0, 0.1) is 13.8 Å². The number of anilines is 1. The second-order valence-corrected chi connectivity index (χ2v) is 5.72. The fourth-order valence-corrected chi connectivity index (χ4v) is 3.40. The normalized spacial score (nSPS) is 22.2. The predicted octanol–water partition coefficient (Wildman–Crippen LogP) is 2.68. The molecule has 0 radical (unpaired) electrons. The Bertz CT molecular complexity index is 270. The SMILES string of the molecule is Cc1nc(NC2CCSC2)sc1C. The maximum atomic E-state index is 4.47. The molecule has 1 aliphatic heterocycles. The van der Waals surface area contributed by atoms with E-state index in [9.17, 15) is 0 Å². The third-order valence-electron chi connectivity index (χ3n) is 2.29. The lowest BCUT2D eigenvalue weighted by atomic mass is 10.3. The Hall–Kier alpha value is -0.220.